The maximum atomic E-state index is 15.0. The van der Waals surface area contributed by atoms with Crippen LogP contribution in [-0.2, 0) is 0 Å². The Hall–Kier alpha value is -3.30. The van der Waals surface area contributed by atoms with E-state index < -0.39 is 17.8 Å². The van der Waals surface area contributed by atoms with E-state index in [0.717, 1.165) is 0 Å². The quantitative estimate of drug-likeness (QED) is 0.182. The number of piperidine rings is 1. The number of nitrogens with one attached hydrogen (secondary N) is 3. The Morgan fingerprint density at radius 1 is 0.951 bits per heavy atom. The molecule has 7 nitrogen and oxygen atoms in total. The fourth-order valence-electron chi connectivity index (χ4n) is 5.80. The van der Waals surface area contributed by atoms with E-state index in [0.29, 0.717) is 72.2 Å². The van der Waals surface area contributed by atoms with Gasteiger partial charge in [-0.2, -0.15) is 0 Å². The summed E-state index contributed by atoms with van der Waals surface area (Å²) in [7, 11) is 3.70. The number of halogens is 2. The molecule has 0 aliphatic carbocycles. The zero-order valence-electron chi connectivity index (χ0n) is 23.7. The van der Waals surface area contributed by atoms with E-state index in [9.17, 15) is 19.1 Å². The first-order chi connectivity index (χ1) is 19.8. The van der Waals surface area contributed by atoms with Crippen molar-refractivity contribution in [2.24, 2.45) is 11.8 Å². The highest BCUT2D eigenvalue weighted by Gasteiger charge is 2.45. The fraction of sp³-hybridized carbons (Fsp3) is 0.375. The number of likely N-dealkylation sites (tertiary alicyclic amines) is 1. The van der Waals surface area contributed by atoms with E-state index in [1.54, 1.807) is 43.3 Å². The van der Waals surface area contributed by atoms with Gasteiger partial charge in [0.2, 0.25) is 0 Å². The molecular weight excluding hydrogens is 543 g/mol. The number of carbonyl (C=O) groups excluding carboxylic acids is 2. The van der Waals surface area contributed by atoms with Gasteiger partial charge in [0.1, 0.15) is 11.6 Å². The Kier molecular flexibility index (Phi) is 10.5. The van der Waals surface area contributed by atoms with Crippen LogP contribution in [0.2, 0.25) is 5.02 Å². The Balaban J connectivity index is 1.86. The molecule has 0 saturated carbocycles. The lowest BCUT2D eigenvalue weighted by atomic mass is 9.67. The van der Waals surface area contributed by atoms with Crippen molar-refractivity contribution in [1.29, 1.82) is 0 Å². The predicted octanol–water partition coefficient (Wildman–Crippen LogP) is 4.74. The Labute approximate surface area is 246 Å². The summed E-state index contributed by atoms with van der Waals surface area (Å²) in [5.41, 5.74) is 2.41. The van der Waals surface area contributed by atoms with Crippen LogP contribution in [0.15, 0.2) is 60.7 Å². The molecule has 1 saturated heterocycles. The van der Waals surface area contributed by atoms with Crippen LogP contribution in [0.3, 0.4) is 0 Å². The lowest BCUT2D eigenvalue weighted by molar-refractivity contribution is 0.0575. The van der Waals surface area contributed by atoms with Crippen LogP contribution in [0.25, 0.3) is 0 Å². The molecule has 0 amide bonds. The van der Waals surface area contributed by atoms with Crippen LogP contribution >= 0.6 is 11.6 Å². The minimum absolute atomic E-state index is 0.0129. The molecule has 0 aromatic heterocycles. The zero-order chi connectivity index (χ0) is 29.5. The number of likely N-dealkylation sites (N-methyl/N-ethyl adjacent to an activating group) is 2. The molecule has 9 heteroatoms. The molecule has 1 heterocycles. The third-order valence-corrected chi connectivity index (χ3v) is 8.20. The molecule has 0 bridgehead atoms. The molecule has 3 aromatic rings. The Morgan fingerprint density at radius 3 is 2.34 bits per heavy atom. The normalized spacial score (nSPS) is 19.2. The van der Waals surface area contributed by atoms with E-state index in [4.69, 9.17) is 11.6 Å². The molecule has 1 aliphatic rings. The van der Waals surface area contributed by atoms with Gasteiger partial charge in [-0.25, -0.2) is 4.39 Å². The number of aromatic hydroxyl groups is 1. The summed E-state index contributed by atoms with van der Waals surface area (Å²) in [4.78, 5) is 30.8. The zero-order valence-corrected chi connectivity index (χ0v) is 24.5. The van der Waals surface area contributed by atoms with Crippen molar-refractivity contribution in [3.8, 4) is 5.75 Å². The molecule has 0 radical (unpaired) electrons. The molecule has 3 atom stereocenters. The van der Waals surface area contributed by atoms with Crippen molar-refractivity contribution in [2.45, 2.75) is 12.8 Å². The largest absolute Gasteiger partial charge is 0.508 e. The average Bonchev–Trinajstić information content (AvgIpc) is 2.97. The van der Waals surface area contributed by atoms with Gasteiger partial charge < -0.3 is 26.0 Å². The van der Waals surface area contributed by atoms with E-state index >= 15 is 0 Å². The number of hydrogen-bond donors (Lipinski definition) is 4. The van der Waals surface area contributed by atoms with Crippen molar-refractivity contribution in [2.75, 3.05) is 58.7 Å². The standard InChI is InChI=1S/C32H38ClFN4O3/c1-20-23(9-6-12-28(20)34)29-25(31(40)21-7-4-8-22(39)17-21)18-38(16-15-36-3)19-26(29)32(41)24-10-5-11-27(33)30(24)37-14-13-35-2/h4-12,17,25-26,29,35-37,39H,13-16,18-19H2,1-3H3/t25-,26-,29-/m0/s1. The number of hydrogen-bond acceptors (Lipinski definition) is 7. The number of para-hydroxylation sites is 1. The van der Waals surface area contributed by atoms with Gasteiger partial charge in [-0.1, -0.05) is 41.9 Å². The molecule has 0 unspecified atom stereocenters. The number of benzene rings is 3. The first-order valence-corrected chi connectivity index (χ1v) is 14.3. The molecule has 1 aliphatic heterocycles. The predicted molar refractivity (Wildman–Crippen MR) is 162 cm³/mol. The van der Waals surface area contributed by atoms with Crippen molar-refractivity contribution >= 4 is 28.9 Å². The minimum Gasteiger partial charge on any atom is -0.508 e. The Bertz CT molecular complexity index is 1380. The Morgan fingerprint density at radius 2 is 1.63 bits per heavy atom. The van der Waals surface area contributed by atoms with Crippen LogP contribution in [0.5, 0.6) is 5.75 Å². The average molecular weight is 581 g/mol. The summed E-state index contributed by atoms with van der Waals surface area (Å²) in [5, 5.41) is 20.1. The lowest BCUT2D eigenvalue weighted by Gasteiger charge is -2.43. The molecule has 218 valence electrons. The van der Waals surface area contributed by atoms with Crippen LogP contribution in [-0.4, -0.2) is 74.9 Å². The highest BCUT2D eigenvalue weighted by atomic mass is 35.5. The highest BCUT2D eigenvalue weighted by molar-refractivity contribution is 6.34. The highest BCUT2D eigenvalue weighted by Crippen LogP contribution is 2.43. The van der Waals surface area contributed by atoms with Gasteiger partial charge in [0, 0.05) is 68.1 Å². The third-order valence-electron chi connectivity index (χ3n) is 7.88. The molecule has 41 heavy (non-hydrogen) atoms. The smallest absolute Gasteiger partial charge is 0.169 e. The van der Waals surface area contributed by atoms with E-state index in [-0.39, 0.29) is 23.1 Å². The molecule has 4 N–H and O–H groups in total. The number of carbonyl (C=O) groups is 2. The second-order valence-electron chi connectivity index (χ2n) is 10.5. The minimum atomic E-state index is -0.657. The second-order valence-corrected chi connectivity index (χ2v) is 10.9. The number of phenols is 1. The van der Waals surface area contributed by atoms with Gasteiger partial charge in [-0.05, 0) is 62.5 Å². The molecule has 4 rings (SSSR count). The van der Waals surface area contributed by atoms with Gasteiger partial charge in [0.15, 0.2) is 11.6 Å². The monoisotopic (exact) mass is 580 g/mol. The van der Waals surface area contributed by atoms with E-state index in [1.807, 2.05) is 20.2 Å². The first-order valence-electron chi connectivity index (χ1n) is 13.9. The number of rotatable bonds is 12. The SMILES string of the molecule is CNCCNc1c(Cl)cccc1C(=O)[C@H]1CN(CCNC)C[C@H](C(=O)c2cccc(O)c2)[C@@H]1c1cccc(F)c1C. The molecule has 3 aromatic carbocycles. The van der Waals surface area contributed by atoms with Gasteiger partial charge in [0.25, 0.3) is 0 Å². The summed E-state index contributed by atoms with van der Waals surface area (Å²) in [6.07, 6.45) is 0. The molecule has 0 spiro atoms. The number of anilines is 1. The van der Waals surface area contributed by atoms with Gasteiger partial charge in [-0.15, -0.1) is 0 Å². The summed E-state index contributed by atoms with van der Waals surface area (Å²) in [6.45, 7) is 5.01. The first kappa shape index (κ1) is 30.7. The van der Waals surface area contributed by atoms with Gasteiger partial charge in [-0.3, -0.25) is 9.59 Å². The lowest BCUT2D eigenvalue weighted by Crippen LogP contribution is -2.51. The third kappa shape index (κ3) is 6.96. The van der Waals surface area contributed by atoms with Gasteiger partial charge >= 0.3 is 0 Å². The van der Waals surface area contributed by atoms with Crippen LogP contribution in [0.4, 0.5) is 10.1 Å². The second kappa shape index (κ2) is 14.0. The van der Waals surface area contributed by atoms with E-state index in [2.05, 4.69) is 20.9 Å². The van der Waals surface area contributed by atoms with Crippen molar-refractivity contribution in [3.05, 3.63) is 93.8 Å². The van der Waals surface area contributed by atoms with Crippen molar-refractivity contribution < 1.29 is 19.1 Å². The maximum absolute atomic E-state index is 15.0. The van der Waals surface area contributed by atoms with Crippen molar-refractivity contribution in [1.82, 2.24) is 15.5 Å². The molecule has 1 fully saturated rings. The summed E-state index contributed by atoms with van der Waals surface area (Å²) in [6, 6.07) is 16.3. The van der Waals surface area contributed by atoms with Crippen LogP contribution in [0, 0.1) is 24.6 Å². The van der Waals surface area contributed by atoms with Gasteiger partial charge in [0.05, 0.1) is 10.7 Å². The van der Waals surface area contributed by atoms with E-state index in [1.165, 1.54) is 18.2 Å². The van der Waals surface area contributed by atoms with Crippen LogP contribution < -0.4 is 16.0 Å². The maximum Gasteiger partial charge on any atom is 0.169 e. The number of ketones is 2. The summed E-state index contributed by atoms with van der Waals surface area (Å²) >= 11 is 6.58. The number of nitrogens with zero attached hydrogens (tertiary/aromatic N) is 1. The number of Topliss-reactive ketones (excluding diaryl/α,β-unsaturated/α-hetero) is 2. The summed E-state index contributed by atoms with van der Waals surface area (Å²) < 4.78 is 15.0. The van der Waals surface area contributed by atoms with Crippen molar-refractivity contribution in [3.63, 3.8) is 0 Å². The fourth-order valence-corrected chi connectivity index (χ4v) is 6.04. The van der Waals surface area contributed by atoms with Crippen LogP contribution in [0.1, 0.15) is 37.8 Å². The summed E-state index contributed by atoms with van der Waals surface area (Å²) in [5.74, 6) is -2.65. The number of phenolic OH excluding ortho intramolecular Hbond substituents is 1. The molecular formula is C32H38ClFN4O3. The topological polar surface area (TPSA) is 93.7 Å².